The minimum Gasteiger partial charge on any atom is -0.384 e. The van der Waals surface area contributed by atoms with Gasteiger partial charge in [-0.3, -0.25) is 4.79 Å². The molecule has 0 saturated carbocycles. The van der Waals surface area contributed by atoms with Crippen LogP contribution in [0.15, 0.2) is 0 Å². The zero-order chi connectivity index (χ0) is 11.9. The van der Waals surface area contributed by atoms with Gasteiger partial charge in [-0.15, -0.1) is 0 Å². The monoisotopic (exact) mass is 224 g/mol. The SMILES string of the molecule is COCCC(=O)NC(C)(CCN)C(F)F. The number of hydrogen-bond acceptors (Lipinski definition) is 3. The van der Waals surface area contributed by atoms with Crippen molar-refractivity contribution >= 4 is 5.91 Å². The number of carbonyl (C=O) groups excluding carboxylic acids is 1. The standard InChI is InChI=1S/C9H18F2N2O2/c1-9(4-5-12,8(10)11)13-7(14)3-6-15-2/h8H,3-6,12H2,1-2H3,(H,13,14). The number of ether oxygens (including phenoxy) is 1. The van der Waals surface area contributed by atoms with Crippen LogP contribution >= 0.6 is 0 Å². The first kappa shape index (κ1) is 14.2. The number of alkyl halides is 2. The van der Waals surface area contributed by atoms with Crippen LogP contribution in [0, 0.1) is 0 Å². The van der Waals surface area contributed by atoms with Crippen molar-refractivity contribution in [1.82, 2.24) is 5.32 Å². The molecule has 3 N–H and O–H groups in total. The molecule has 15 heavy (non-hydrogen) atoms. The van der Waals surface area contributed by atoms with Crippen LogP contribution in [-0.2, 0) is 9.53 Å². The lowest BCUT2D eigenvalue weighted by Gasteiger charge is -2.29. The molecule has 6 heteroatoms. The molecule has 0 aliphatic heterocycles. The number of nitrogens with one attached hydrogen (secondary N) is 1. The van der Waals surface area contributed by atoms with Crippen molar-refractivity contribution < 1.29 is 18.3 Å². The summed E-state index contributed by atoms with van der Waals surface area (Å²) in [6.45, 7) is 1.61. The van der Waals surface area contributed by atoms with Gasteiger partial charge in [0.1, 0.15) is 0 Å². The topological polar surface area (TPSA) is 64.3 Å². The predicted octanol–water partition coefficient (Wildman–Crippen LogP) is 0.512. The fourth-order valence-corrected chi connectivity index (χ4v) is 1.10. The fraction of sp³-hybridized carbons (Fsp3) is 0.889. The minimum atomic E-state index is -2.63. The molecule has 90 valence electrons. The van der Waals surface area contributed by atoms with Crippen molar-refractivity contribution in [3.8, 4) is 0 Å². The van der Waals surface area contributed by atoms with E-state index in [9.17, 15) is 13.6 Å². The van der Waals surface area contributed by atoms with Crippen LogP contribution in [0.2, 0.25) is 0 Å². The second kappa shape index (κ2) is 6.68. The maximum absolute atomic E-state index is 12.7. The van der Waals surface area contributed by atoms with E-state index >= 15 is 0 Å². The summed E-state index contributed by atoms with van der Waals surface area (Å²) in [5.74, 6) is -0.451. The predicted molar refractivity (Wildman–Crippen MR) is 52.7 cm³/mol. The quantitative estimate of drug-likeness (QED) is 0.662. The first-order valence-corrected chi connectivity index (χ1v) is 4.74. The number of halogens is 2. The molecule has 0 radical (unpaired) electrons. The lowest BCUT2D eigenvalue weighted by molar-refractivity contribution is -0.126. The summed E-state index contributed by atoms with van der Waals surface area (Å²) >= 11 is 0. The van der Waals surface area contributed by atoms with E-state index in [0.29, 0.717) is 0 Å². The summed E-state index contributed by atoms with van der Waals surface area (Å²) in [6, 6.07) is 0. The highest BCUT2D eigenvalue weighted by molar-refractivity contribution is 5.76. The highest BCUT2D eigenvalue weighted by Gasteiger charge is 2.35. The van der Waals surface area contributed by atoms with Gasteiger partial charge < -0.3 is 15.8 Å². The highest BCUT2D eigenvalue weighted by Crippen LogP contribution is 2.18. The highest BCUT2D eigenvalue weighted by atomic mass is 19.3. The normalized spacial score (nSPS) is 15.1. The van der Waals surface area contributed by atoms with Gasteiger partial charge in [-0.1, -0.05) is 0 Å². The Morgan fingerprint density at radius 2 is 2.20 bits per heavy atom. The van der Waals surface area contributed by atoms with E-state index in [1.807, 2.05) is 0 Å². The number of rotatable bonds is 7. The zero-order valence-electron chi connectivity index (χ0n) is 9.06. The van der Waals surface area contributed by atoms with E-state index in [1.165, 1.54) is 14.0 Å². The minimum absolute atomic E-state index is 0.0450. The summed E-state index contributed by atoms with van der Waals surface area (Å²) in [5.41, 5.74) is 3.68. The molecule has 1 unspecified atom stereocenters. The molecule has 0 aliphatic rings. The molecule has 0 fully saturated rings. The van der Waals surface area contributed by atoms with Gasteiger partial charge in [0.05, 0.1) is 12.1 Å². The molecule has 0 aromatic carbocycles. The Kier molecular flexibility index (Phi) is 6.35. The van der Waals surface area contributed by atoms with E-state index in [0.717, 1.165) is 0 Å². The Hall–Kier alpha value is -0.750. The average Bonchev–Trinajstić information content (AvgIpc) is 2.14. The van der Waals surface area contributed by atoms with E-state index < -0.39 is 17.9 Å². The summed E-state index contributed by atoms with van der Waals surface area (Å²) in [7, 11) is 1.44. The van der Waals surface area contributed by atoms with Gasteiger partial charge in [0.2, 0.25) is 5.91 Å². The molecule has 0 aliphatic carbocycles. The molecular formula is C9H18F2N2O2. The fourth-order valence-electron chi connectivity index (χ4n) is 1.10. The van der Waals surface area contributed by atoms with Crippen molar-refractivity contribution in [2.24, 2.45) is 5.73 Å². The average molecular weight is 224 g/mol. The Morgan fingerprint density at radius 3 is 2.60 bits per heavy atom. The second-order valence-corrected chi connectivity index (χ2v) is 3.55. The number of methoxy groups -OCH3 is 1. The van der Waals surface area contributed by atoms with Gasteiger partial charge >= 0.3 is 0 Å². The van der Waals surface area contributed by atoms with Crippen LogP contribution in [0.1, 0.15) is 19.8 Å². The summed E-state index contributed by atoms with van der Waals surface area (Å²) in [4.78, 5) is 11.2. The van der Waals surface area contributed by atoms with Crippen molar-refractivity contribution in [2.45, 2.75) is 31.7 Å². The molecule has 0 heterocycles. The molecule has 0 bridgehead atoms. The van der Waals surface area contributed by atoms with Crippen LogP contribution in [-0.4, -0.2) is 38.1 Å². The molecule has 0 aromatic rings. The number of carbonyl (C=O) groups is 1. The summed E-state index contributed by atoms with van der Waals surface area (Å²) in [6.07, 6.45) is -2.51. The van der Waals surface area contributed by atoms with Crippen molar-refractivity contribution in [2.75, 3.05) is 20.3 Å². The van der Waals surface area contributed by atoms with E-state index in [-0.39, 0.29) is 26.0 Å². The van der Waals surface area contributed by atoms with Gasteiger partial charge in [0.15, 0.2) is 0 Å². The molecule has 4 nitrogen and oxygen atoms in total. The Bertz CT molecular complexity index is 203. The summed E-state index contributed by atoms with van der Waals surface area (Å²) < 4.78 is 30.0. The molecule has 0 spiro atoms. The number of amides is 1. The van der Waals surface area contributed by atoms with Gasteiger partial charge in [-0.25, -0.2) is 8.78 Å². The third-order valence-corrected chi connectivity index (χ3v) is 2.10. The maximum Gasteiger partial charge on any atom is 0.261 e. The molecule has 0 rings (SSSR count). The van der Waals surface area contributed by atoms with Gasteiger partial charge in [0, 0.05) is 13.5 Å². The molecule has 0 saturated heterocycles. The van der Waals surface area contributed by atoms with Crippen LogP contribution < -0.4 is 11.1 Å². The molecule has 1 amide bonds. The van der Waals surface area contributed by atoms with Crippen LogP contribution in [0.4, 0.5) is 8.78 Å². The van der Waals surface area contributed by atoms with Crippen molar-refractivity contribution in [3.63, 3.8) is 0 Å². The zero-order valence-corrected chi connectivity index (χ0v) is 9.06. The summed E-state index contributed by atoms with van der Waals surface area (Å²) in [5, 5.41) is 2.28. The Morgan fingerprint density at radius 1 is 1.60 bits per heavy atom. The molecule has 1 atom stereocenters. The van der Waals surface area contributed by atoms with E-state index in [4.69, 9.17) is 5.73 Å². The van der Waals surface area contributed by atoms with Gasteiger partial charge in [-0.05, 0) is 19.9 Å². The smallest absolute Gasteiger partial charge is 0.261 e. The number of nitrogens with two attached hydrogens (primary N) is 1. The lowest BCUT2D eigenvalue weighted by Crippen LogP contribution is -2.52. The van der Waals surface area contributed by atoms with E-state index in [1.54, 1.807) is 0 Å². The second-order valence-electron chi connectivity index (χ2n) is 3.55. The molecular weight excluding hydrogens is 206 g/mol. The van der Waals surface area contributed by atoms with Crippen LogP contribution in [0.5, 0.6) is 0 Å². The maximum atomic E-state index is 12.7. The molecule has 0 aromatic heterocycles. The largest absolute Gasteiger partial charge is 0.384 e. The first-order valence-electron chi connectivity index (χ1n) is 4.74. The number of hydrogen-bond donors (Lipinski definition) is 2. The van der Waals surface area contributed by atoms with Crippen molar-refractivity contribution in [3.05, 3.63) is 0 Å². The third-order valence-electron chi connectivity index (χ3n) is 2.10. The first-order chi connectivity index (χ1) is 6.96. The third kappa shape index (κ3) is 5.03. The van der Waals surface area contributed by atoms with Gasteiger partial charge in [0.25, 0.3) is 6.43 Å². The Labute approximate surface area is 88.2 Å². The van der Waals surface area contributed by atoms with E-state index in [2.05, 4.69) is 10.1 Å². The van der Waals surface area contributed by atoms with Gasteiger partial charge in [-0.2, -0.15) is 0 Å². The Balaban J connectivity index is 4.22. The van der Waals surface area contributed by atoms with Crippen LogP contribution in [0.3, 0.4) is 0 Å². The van der Waals surface area contributed by atoms with Crippen LogP contribution in [0.25, 0.3) is 0 Å². The van der Waals surface area contributed by atoms with Crippen molar-refractivity contribution in [1.29, 1.82) is 0 Å². The lowest BCUT2D eigenvalue weighted by atomic mass is 9.98.